The van der Waals surface area contributed by atoms with Crippen molar-refractivity contribution in [2.75, 3.05) is 43.2 Å². The third-order valence-corrected chi connectivity index (χ3v) is 7.27. The van der Waals surface area contributed by atoms with Gasteiger partial charge in [0.1, 0.15) is 21.2 Å². The van der Waals surface area contributed by atoms with Crippen LogP contribution < -0.4 is 15.3 Å². The van der Waals surface area contributed by atoms with Gasteiger partial charge in [0.05, 0.1) is 36.3 Å². The van der Waals surface area contributed by atoms with E-state index in [1.165, 1.54) is 6.07 Å². The number of hydrogen-bond donors (Lipinski definition) is 0. The van der Waals surface area contributed by atoms with Crippen LogP contribution in [0.5, 0.6) is 5.75 Å². The fourth-order valence-electron chi connectivity index (χ4n) is 3.67. The first kappa shape index (κ1) is 27.4. The molecule has 0 aliphatic heterocycles. The van der Waals surface area contributed by atoms with Gasteiger partial charge in [0, 0.05) is 25.2 Å². The Morgan fingerprint density at radius 3 is 2.50 bits per heavy atom. The largest absolute Gasteiger partial charge is 0.496 e. The molecule has 0 aliphatic rings. The van der Waals surface area contributed by atoms with Gasteiger partial charge < -0.3 is 18.8 Å². The molecule has 0 aliphatic carbocycles. The summed E-state index contributed by atoms with van der Waals surface area (Å²) in [4.78, 5) is 25.3. The molecule has 9 heteroatoms. The van der Waals surface area contributed by atoms with E-state index in [1.807, 2.05) is 6.07 Å². The quantitative estimate of drug-likeness (QED) is 0.149. The van der Waals surface area contributed by atoms with Crippen molar-refractivity contribution in [3.63, 3.8) is 0 Å². The molecule has 0 amide bonds. The molecule has 0 bridgehead atoms. The smallest absolute Gasteiger partial charge is 0.338 e. The Bertz CT molecular complexity index is 1110. The number of anilines is 1. The number of nitrogens with zero attached hydrogens (tertiary/aromatic N) is 1. The van der Waals surface area contributed by atoms with Gasteiger partial charge in [0.2, 0.25) is 0 Å². The van der Waals surface area contributed by atoms with Crippen LogP contribution in [0.3, 0.4) is 0 Å². The molecule has 1 aromatic carbocycles. The summed E-state index contributed by atoms with van der Waals surface area (Å²) >= 11 is 0. The highest BCUT2D eigenvalue weighted by atomic mass is 32.2. The zero-order chi connectivity index (χ0) is 25.0. The van der Waals surface area contributed by atoms with E-state index in [9.17, 15) is 18.0 Å². The molecule has 0 radical (unpaired) electrons. The molecule has 188 valence electrons. The number of methoxy groups -OCH3 is 1. The van der Waals surface area contributed by atoms with Crippen LogP contribution in [0.4, 0.5) is 5.69 Å². The maximum absolute atomic E-state index is 12.4. The van der Waals surface area contributed by atoms with Gasteiger partial charge in [-0.25, -0.2) is 18.0 Å². The lowest BCUT2D eigenvalue weighted by atomic mass is 10.1. The molecule has 0 atom stereocenters. The number of esters is 1. The predicted molar refractivity (Wildman–Crippen MR) is 134 cm³/mol. The molecule has 1 heterocycles. The molecule has 8 nitrogen and oxygen atoms in total. The molecular formula is C25H35NO7S. The minimum absolute atomic E-state index is 0.0692. The van der Waals surface area contributed by atoms with Gasteiger partial charge in [-0.3, -0.25) is 0 Å². The Labute approximate surface area is 201 Å². The van der Waals surface area contributed by atoms with Crippen molar-refractivity contribution in [2.24, 2.45) is 0 Å². The lowest BCUT2D eigenvalue weighted by Gasteiger charge is -2.26. The van der Waals surface area contributed by atoms with Crippen molar-refractivity contribution in [1.29, 1.82) is 0 Å². The summed E-state index contributed by atoms with van der Waals surface area (Å²) in [5, 5.41) is 0.741. The van der Waals surface area contributed by atoms with Crippen molar-refractivity contribution in [3.05, 3.63) is 47.3 Å². The van der Waals surface area contributed by atoms with Crippen molar-refractivity contribution in [3.8, 4) is 5.75 Å². The first-order valence-electron chi connectivity index (χ1n) is 11.7. The Kier molecular flexibility index (Phi) is 11.1. The summed E-state index contributed by atoms with van der Waals surface area (Å²) in [7, 11) is -1.61. The van der Waals surface area contributed by atoms with E-state index in [0.29, 0.717) is 43.6 Å². The maximum atomic E-state index is 12.4. The highest BCUT2D eigenvalue weighted by molar-refractivity contribution is 7.91. The average Bonchev–Trinajstić information content (AvgIpc) is 2.82. The molecule has 2 aromatic rings. The monoisotopic (exact) mass is 493 g/mol. The molecule has 0 saturated heterocycles. The van der Waals surface area contributed by atoms with E-state index >= 15 is 0 Å². The summed E-state index contributed by atoms with van der Waals surface area (Å²) in [5.74, 6) is 0.290. The fourth-order valence-corrected chi connectivity index (χ4v) is 5.17. The molecule has 0 spiro atoms. The number of fused-ring (bicyclic) bond motifs is 1. The second-order valence-corrected chi connectivity index (χ2v) is 10.4. The lowest BCUT2D eigenvalue weighted by Crippen LogP contribution is -2.27. The number of unbranched alkanes of at least 4 members (excludes halogenated alkanes) is 3. The van der Waals surface area contributed by atoms with Crippen molar-refractivity contribution in [1.82, 2.24) is 0 Å². The molecule has 34 heavy (non-hydrogen) atoms. The first-order chi connectivity index (χ1) is 16.3. The minimum atomic E-state index is -3.18. The fraction of sp³-hybridized carbons (Fsp3) is 0.520. The highest BCUT2D eigenvalue weighted by Gasteiger charge is 2.17. The number of sulfone groups is 1. The number of benzene rings is 1. The van der Waals surface area contributed by atoms with Gasteiger partial charge >= 0.3 is 11.6 Å². The lowest BCUT2D eigenvalue weighted by molar-refractivity contribution is -0.137. The van der Waals surface area contributed by atoms with E-state index in [0.717, 1.165) is 36.5 Å². The van der Waals surface area contributed by atoms with E-state index < -0.39 is 21.4 Å². The molecule has 0 fully saturated rings. The molecule has 0 unspecified atom stereocenters. The van der Waals surface area contributed by atoms with Crippen LogP contribution in [0.2, 0.25) is 0 Å². The molecule has 0 saturated carbocycles. The minimum Gasteiger partial charge on any atom is -0.496 e. The summed E-state index contributed by atoms with van der Waals surface area (Å²) in [6.07, 6.45) is 5.14. The number of rotatable bonds is 16. The average molecular weight is 494 g/mol. The van der Waals surface area contributed by atoms with Crippen molar-refractivity contribution < 1.29 is 27.1 Å². The Balaban J connectivity index is 1.99. The standard InChI is InChI=1S/C25H35NO7S/c1-4-6-14-26(20-19-24(28)33-22-13-11-12-21(31-3)25(20)22)15-7-9-17-34(29,30)18-10-8-16-32-23(27)5-2/h5,11-13,19H,2,4,6-10,14-18H2,1,3H3. The van der Waals surface area contributed by atoms with Gasteiger partial charge in [-0.2, -0.15) is 0 Å². The third-order valence-electron chi connectivity index (χ3n) is 5.45. The predicted octanol–water partition coefficient (Wildman–Crippen LogP) is 4.11. The van der Waals surface area contributed by atoms with Gasteiger partial charge in [-0.05, 0) is 44.2 Å². The van der Waals surface area contributed by atoms with E-state index in [-0.39, 0.29) is 18.1 Å². The summed E-state index contributed by atoms with van der Waals surface area (Å²) < 4.78 is 40.5. The number of ether oxygens (including phenoxy) is 2. The number of hydrogen-bond acceptors (Lipinski definition) is 8. The zero-order valence-corrected chi connectivity index (χ0v) is 20.9. The highest BCUT2D eigenvalue weighted by Crippen LogP contribution is 2.33. The SMILES string of the molecule is C=CC(=O)OCCCCS(=O)(=O)CCCCN(CCCC)c1cc(=O)oc2cccc(OC)c12. The number of carbonyl (C=O) groups is 1. The zero-order valence-electron chi connectivity index (χ0n) is 20.1. The van der Waals surface area contributed by atoms with E-state index in [2.05, 4.69) is 18.4 Å². The molecular weight excluding hydrogens is 458 g/mol. The summed E-state index contributed by atoms with van der Waals surface area (Å²) in [6.45, 7) is 6.96. The molecule has 2 rings (SSSR count). The topological polar surface area (TPSA) is 103 Å². The van der Waals surface area contributed by atoms with E-state index in [4.69, 9.17) is 13.9 Å². The normalized spacial score (nSPS) is 11.4. The van der Waals surface area contributed by atoms with Crippen LogP contribution in [0.25, 0.3) is 11.0 Å². The summed E-state index contributed by atoms with van der Waals surface area (Å²) in [6, 6.07) is 6.83. The third kappa shape index (κ3) is 8.52. The maximum Gasteiger partial charge on any atom is 0.338 e. The second kappa shape index (κ2) is 13.8. The number of carbonyl (C=O) groups excluding carboxylic acids is 1. The first-order valence-corrected chi connectivity index (χ1v) is 13.5. The molecule has 0 N–H and O–H groups in total. The van der Waals surface area contributed by atoms with Crippen LogP contribution in [-0.4, -0.2) is 52.7 Å². The van der Waals surface area contributed by atoms with Crippen LogP contribution in [0, 0.1) is 0 Å². The van der Waals surface area contributed by atoms with Crippen LogP contribution in [0.15, 0.2) is 46.1 Å². The van der Waals surface area contributed by atoms with Crippen LogP contribution in [0.1, 0.15) is 45.4 Å². The van der Waals surface area contributed by atoms with Gasteiger partial charge in [0.15, 0.2) is 0 Å². The van der Waals surface area contributed by atoms with Gasteiger partial charge in [0.25, 0.3) is 0 Å². The summed E-state index contributed by atoms with van der Waals surface area (Å²) in [5.41, 5.74) is 0.775. The van der Waals surface area contributed by atoms with Crippen molar-refractivity contribution >= 4 is 32.5 Å². The Hall–Kier alpha value is -2.81. The Morgan fingerprint density at radius 1 is 1.12 bits per heavy atom. The van der Waals surface area contributed by atoms with E-state index in [1.54, 1.807) is 19.2 Å². The van der Waals surface area contributed by atoms with Gasteiger partial charge in [-0.15, -0.1) is 0 Å². The second-order valence-electron chi connectivity index (χ2n) is 8.06. The van der Waals surface area contributed by atoms with Crippen LogP contribution in [-0.2, 0) is 19.4 Å². The van der Waals surface area contributed by atoms with Gasteiger partial charge in [-0.1, -0.05) is 26.0 Å². The van der Waals surface area contributed by atoms with Crippen molar-refractivity contribution in [2.45, 2.75) is 45.4 Å². The Morgan fingerprint density at radius 2 is 1.82 bits per heavy atom. The molecule has 1 aromatic heterocycles. The van der Waals surface area contributed by atoms with Crippen LogP contribution >= 0.6 is 0 Å².